The number of methoxy groups -OCH3 is 1. The van der Waals surface area contributed by atoms with Gasteiger partial charge in [0.05, 0.1) is 24.5 Å². The molecule has 1 aromatic heterocycles. The molecule has 1 atom stereocenters. The van der Waals surface area contributed by atoms with Crippen LogP contribution in [0.25, 0.3) is 0 Å². The Morgan fingerprint density at radius 1 is 1.05 bits per heavy atom. The number of amides is 4. The molecule has 1 unspecified atom stereocenters. The summed E-state index contributed by atoms with van der Waals surface area (Å²) in [5.41, 5.74) is 2.78. The first-order chi connectivity index (χ1) is 18.3. The molecule has 2 heterocycles. The number of thioether (sulfide) groups is 1. The van der Waals surface area contributed by atoms with Crippen LogP contribution in [0.5, 0.6) is 5.75 Å². The number of rotatable bonds is 10. The number of carbonyl (C=O) groups excluding carboxylic acids is 4. The third-order valence-electron chi connectivity index (χ3n) is 5.63. The average molecular weight is 554 g/mol. The van der Waals surface area contributed by atoms with Crippen molar-refractivity contribution >= 4 is 68.9 Å². The molecular formula is C26H27N5O5S2. The molecule has 3 N–H and O–H groups in total. The van der Waals surface area contributed by atoms with Crippen LogP contribution >= 0.6 is 23.1 Å². The van der Waals surface area contributed by atoms with Crippen molar-refractivity contribution in [2.45, 2.75) is 19.1 Å². The van der Waals surface area contributed by atoms with Crippen molar-refractivity contribution in [2.24, 2.45) is 5.92 Å². The summed E-state index contributed by atoms with van der Waals surface area (Å²) >= 11 is 2.71. The van der Waals surface area contributed by atoms with Crippen LogP contribution in [-0.2, 0) is 24.9 Å². The van der Waals surface area contributed by atoms with Crippen molar-refractivity contribution in [1.29, 1.82) is 0 Å². The predicted octanol–water partition coefficient (Wildman–Crippen LogP) is 3.97. The Bertz CT molecular complexity index is 1310. The van der Waals surface area contributed by atoms with Crippen LogP contribution in [0, 0.1) is 5.92 Å². The van der Waals surface area contributed by atoms with Crippen molar-refractivity contribution in [3.63, 3.8) is 0 Å². The number of anilines is 4. The lowest BCUT2D eigenvalue weighted by Crippen LogP contribution is -2.28. The highest BCUT2D eigenvalue weighted by molar-refractivity contribution is 7.99. The zero-order valence-electron chi connectivity index (χ0n) is 20.9. The topological polar surface area (TPSA) is 130 Å². The zero-order chi connectivity index (χ0) is 27.1. The van der Waals surface area contributed by atoms with Crippen LogP contribution in [-0.4, -0.2) is 48.0 Å². The largest absolute Gasteiger partial charge is 0.497 e. The molecule has 198 valence electrons. The maximum atomic E-state index is 12.8. The quantitative estimate of drug-likeness (QED) is 0.346. The van der Waals surface area contributed by atoms with Gasteiger partial charge in [0, 0.05) is 48.1 Å². The molecule has 1 saturated heterocycles. The Morgan fingerprint density at radius 2 is 1.74 bits per heavy atom. The molecule has 4 amide bonds. The van der Waals surface area contributed by atoms with E-state index in [0.29, 0.717) is 34.6 Å². The van der Waals surface area contributed by atoms with Gasteiger partial charge >= 0.3 is 0 Å². The van der Waals surface area contributed by atoms with Gasteiger partial charge in [-0.25, -0.2) is 4.98 Å². The highest BCUT2D eigenvalue weighted by Crippen LogP contribution is 2.28. The molecule has 1 aliphatic rings. The van der Waals surface area contributed by atoms with Gasteiger partial charge in [-0.1, -0.05) is 0 Å². The minimum absolute atomic E-state index is 0.103. The third-order valence-corrected chi connectivity index (χ3v) is 7.41. The van der Waals surface area contributed by atoms with E-state index in [1.54, 1.807) is 60.5 Å². The van der Waals surface area contributed by atoms with Crippen LogP contribution in [0.3, 0.4) is 0 Å². The smallest absolute Gasteiger partial charge is 0.234 e. The first-order valence-corrected chi connectivity index (χ1v) is 13.8. The average Bonchev–Trinajstić information content (AvgIpc) is 3.51. The number of hydrogen-bond donors (Lipinski definition) is 3. The molecular weight excluding hydrogens is 526 g/mol. The fourth-order valence-electron chi connectivity index (χ4n) is 3.82. The second-order valence-corrected chi connectivity index (χ2v) is 10.4. The van der Waals surface area contributed by atoms with E-state index in [-0.39, 0.29) is 35.8 Å². The van der Waals surface area contributed by atoms with Crippen LogP contribution in [0.2, 0.25) is 0 Å². The van der Waals surface area contributed by atoms with Gasteiger partial charge in [0.2, 0.25) is 23.6 Å². The predicted molar refractivity (Wildman–Crippen MR) is 150 cm³/mol. The lowest BCUT2D eigenvalue weighted by Gasteiger charge is -2.16. The van der Waals surface area contributed by atoms with E-state index in [1.807, 2.05) is 5.38 Å². The minimum Gasteiger partial charge on any atom is -0.497 e. The zero-order valence-corrected chi connectivity index (χ0v) is 22.5. The van der Waals surface area contributed by atoms with Gasteiger partial charge in [0.1, 0.15) is 5.75 Å². The van der Waals surface area contributed by atoms with Crippen LogP contribution in [0.15, 0.2) is 53.9 Å². The van der Waals surface area contributed by atoms with Gasteiger partial charge in [0.25, 0.3) is 0 Å². The van der Waals surface area contributed by atoms with Gasteiger partial charge in [-0.15, -0.1) is 23.1 Å². The second kappa shape index (κ2) is 12.6. The van der Waals surface area contributed by atoms with Crippen molar-refractivity contribution in [3.8, 4) is 5.75 Å². The van der Waals surface area contributed by atoms with E-state index >= 15 is 0 Å². The molecule has 2 aromatic carbocycles. The van der Waals surface area contributed by atoms with Gasteiger partial charge in [-0.3, -0.25) is 19.2 Å². The first kappa shape index (κ1) is 27.1. The lowest BCUT2D eigenvalue weighted by molar-refractivity contribution is -0.122. The lowest BCUT2D eigenvalue weighted by atomic mass is 10.1. The number of carbonyl (C=O) groups is 4. The summed E-state index contributed by atoms with van der Waals surface area (Å²) in [5, 5.41) is 10.6. The fourth-order valence-corrected chi connectivity index (χ4v) is 5.35. The molecule has 1 aliphatic heterocycles. The monoisotopic (exact) mass is 553 g/mol. The van der Waals surface area contributed by atoms with Crippen molar-refractivity contribution < 1.29 is 23.9 Å². The number of nitrogens with one attached hydrogen (secondary N) is 3. The number of ether oxygens (including phenoxy) is 1. The number of hydrogen-bond acceptors (Lipinski definition) is 8. The van der Waals surface area contributed by atoms with E-state index < -0.39 is 5.92 Å². The van der Waals surface area contributed by atoms with E-state index in [4.69, 9.17) is 4.74 Å². The van der Waals surface area contributed by atoms with E-state index in [1.165, 1.54) is 30.0 Å². The molecule has 4 rings (SSSR count). The van der Waals surface area contributed by atoms with Crippen LogP contribution in [0.1, 0.15) is 19.0 Å². The molecule has 3 aromatic rings. The SMILES string of the molecule is COc1ccc(N2CC(C(=O)Nc3nc(CSCC(=O)Nc4ccc(NC(C)=O)cc4)cs3)CC2=O)cc1. The number of nitrogens with zero attached hydrogens (tertiary/aromatic N) is 2. The summed E-state index contributed by atoms with van der Waals surface area (Å²) in [4.78, 5) is 54.6. The van der Waals surface area contributed by atoms with Gasteiger partial charge in [-0.2, -0.15) is 0 Å². The normalized spacial score (nSPS) is 14.7. The van der Waals surface area contributed by atoms with Crippen LogP contribution < -0.4 is 25.6 Å². The Balaban J connectivity index is 1.20. The number of aromatic nitrogens is 1. The van der Waals surface area contributed by atoms with Crippen LogP contribution in [0.4, 0.5) is 22.2 Å². The van der Waals surface area contributed by atoms with E-state index in [0.717, 1.165) is 11.4 Å². The summed E-state index contributed by atoms with van der Waals surface area (Å²) in [6.45, 7) is 1.73. The first-order valence-electron chi connectivity index (χ1n) is 11.8. The van der Waals surface area contributed by atoms with Gasteiger partial charge in [-0.05, 0) is 48.5 Å². The van der Waals surface area contributed by atoms with Crippen molar-refractivity contribution in [3.05, 3.63) is 59.6 Å². The maximum Gasteiger partial charge on any atom is 0.234 e. The Kier molecular flexibility index (Phi) is 8.98. The molecule has 12 heteroatoms. The molecule has 0 aliphatic carbocycles. The third kappa shape index (κ3) is 7.33. The molecule has 10 nitrogen and oxygen atoms in total. The van der Waals surface area contributed by atoms with E-state index in [9.17, 15) is 19.2 Å². The standard InChI is InChI=1S/C26H27N5O5S2/c1-16(32)27-18-3-5-19(6-4-18)28-23(33)15-37-13-20-14-38-26(29-20)30-25(35)17-11-24(34)31(12-17)21-7-9-22(36-2)10-8-21/h3-10,14,17H,11-13,15H2,1-2H3,(H,27,32)(H,28,33)(H,29,30,35). The van der Waals surface area contributed by atoms with E-state index in [2.05, 4.69) is 20.9 Å². The van der Waals surface area contributed by atoms with Crippen molar-refractivity contribution in [1.82, 2.24) is 4.98 Å². The highest BCUT2D eigenvalue weighted by Gasteiger charge is 2.35. The summed E-state index contributed by atoms with van der Waals surface area (Å²) < 4.78 is 5.15. The van der Waals surface area contributed by atoms with Gasteiger partial charge in [0.15, 0.2) is 5.13 Å². The number of thiazole rings is 1. The summed E-state index contributed by atoms with van der Waals surface area (Å²) in [5.74, 6) is 0.309. The molecule has 0 bridgehead atoms. The summed E-state index contributed by atoms with van der Waals surface area (Å²) in [6.07, 6.45) is 0.136. The molecule has 0 radical (unpaired) electrons. The minimum atomic E-state index is -0.470. The van der Waals surface area contributed by atoms with Crippen molar-refractivity contribution in [2.75, 3.05) is 40.3 Å². The maximum absolute atomic E-state index is 12.8. The highest BCUT2D eigenvalue weighted by atomic mass is 32.2. The molecule has 0 saturated carbocycles. The fraction of sp³-hybridized carbons (Fsp3) is 0.269. The second-order valence-electron chi connectivity index (χ2n) is 8.54. The Morgan fingerprint density at radius 3 is 2.39 bits per heavy atom. The molecule has 0 spiro atoms. The number of benzene rings is 2. The molecule has 38 heavy (non-hydrogen) atoms. The summed E-state index contributed by atoms with van der Waals surface area (Å²) in [7, 11) is 1.58. The van der Waals surface area contributed by atoms with Gasteiger partial charge < -0.3 is 25.6 Å². The Hall–Kier alpha value is -3.90. The molecule has 1 fully saturated rings. The Labute approximate surface area is 228 Å². The summed E-state index contributed by atoms with van der Waals surface area (Å²) in [6, 6.07) is 14.0.